The average molecular weight is 3150 g/mol. The van der Waals surface area contributed by atoms with Gasteiger partial charge in [-0.25, -0.2) is 17.6 Å². The molecule has 2 fully saturated rings. The van der Waals surface area contributed by atoms with Crippen LogP contribution in [0.4, 0.5) is 17.6 Å². The number of ether oxygens (including phenoxy) is 1. The van der Waals surface area contributed by atoms with E-state index in [1.165, 1.54) is 45.1 Å². The molecule has 4 N–H and O–H groups in total. The van der Waals surface area contributed by atoms with Crippen LogP contribution >= 0.6 is 80.7 Å². The number of fused-ring (bicyclic) bond motifs is 2. The molecule has 0 aliphatic carbocycles. The number of thiophene rings is 2. The number of aliphatic hydroxyl groups excluding tert-OH is 1. The van der Waals surface area contributed by atoms with Gasteiger partial charge in [0.2, 0.25) is 0 Å². The number of carbonyl (C=O) groups excluding carboxylic acids is 1. The van der Waals surface area contributed by atoms with Crippen molar-refractivity contribution in [3.8, 4) is 0 Å². The molecule has 4 aromatic rings. The van der Waals surface area contributed by atoms with Gasteiger partial charge in [0.15, 0.2) is 0 Å². The van der Waals surface area contributed by atoms with Crippen LogP contribution in [0.2, 0.25) is 8.67 Å². The Kier molecular flexibility index (Phi) is 107. The molecule has 724 valence electrons. The third kappa shape index (κ3) is 81.5. The number of ketones is 1. The molecular weight excluding hydrogens is 3100 g/mol. The Hall–Kier alpha value is 12.5. The summed E-state index contributed by atoms with van der Waals surface area (Å²) in [4.78, 5) is 12.3. The first-order chi connectivity index (χ1) is 59.2. The Bertz CT molecular complexity index is 7330. The predicted molar refractivity (Wildman–Crippen MR) is 715 cm³/mol. The number of hydrogen-bond donors (Lipinski definition) is 4. The minimum atomic E-state index is -3.67. The van der Waals surface area contributed by atoms with E-state index in [9.17, 15) is 30.8 Å². The maximum atomic E-state index is 13.6. The molecule has 0 aromatic carbocycles. The van der Waals surface area contributed by atoms with Crippen LogP contribution in [-0.2, 0) is 634 Å². The molecule has 5 unspecified atom stereocenters. The van der Waals surface area contributed by atoms with Crippen LogP contribution in [0.5, 0.6) is 0 Å². The quantitative estimate of drug-likeness (QED) is 0.0491. The van der Waals surface area contributed by atoms with Crippen LogP contribution in [0.15, 0.2) is 29.9 Å². The van der Waals surface area contributed by atoms with Crippen LogP contribution in [0.3, 0.4) is 0 Å². The Morgan fingerprint density at radius 3 is 1.05 bits per heavy atom. The lowest BCUT2D eigenvalue weighted by atomic mass is 9.79. The highest BCUT2D eigenvalue weighted by Gasteiger charge is 2.49. The molecule has 124 heavy (non-hydrogen) atoms. The molecule has 0 amide bonds. The highest BCUT2D eigenvalue weighted by atomic mass is 127. The summed E-state index contributed by atoms with van der Waals surface area (Å²) in [5, 5.41) is 31.8. The van der Waals surface area contributed by atoms with Gasteiger partial charge in [-0.1, -0.05) is 60.7 Å². The lowest BCUT2D eigenvalue weighted by molar-refractivity contribution is -0.123. The monoisotopic (exact) mass is 3140 g/mol. The van der Waals surface area contributed by atoms with Crippen molar-refractivity contribution in [3.63, 3.8) is 0 Å². The Balaban J connectivity index is 0.00000202. The van der Waals surface area contributed by atoms with Gasteiger partial charge in [0.05, 0.1) is 51.4 Å². The van der Waals surface area contributed by atoms with Crippen molar-refractivity contribution < 1.29 is 45.2 Å². The van der Waals surface area contributed by atoms with Crippen molar-refractivity contribution in [1.82, 2.24) is 40.6 Å². The van der Waals surface area contributed by atoms with Gasteiger partial charge >= 0.3 is 0 Å². The van der Waals surface area contributed by atoms with Gasteiger partial charge in [-0.15, -0.1) is 32.9 Å². The molecule has 1 spiro atoms. The number of thiocarbonyl (C=S) groups is 1. The summed E-state index contributed by atoms with van der Waals surface area (Å²) in [7, 11) is 113. The summed E-state index contributed by atoms with van der Waals surface area (Å²) in [5.41, 5.74) is 2.68. The largest absolute Gasteiger partial charge is 0.396 e. The van der Waals surface area contributed by atoms with E-state index in [-0.39, 0.29) is 52.5 Å². The molecule has 4 aromatic heterocycles. The molecule has 14 nitrogen and oxygen atoms in total. The number of halogens is 7. The Labute approximate surface area is 940 Å². The summed E-state index contributed by atoms with van der Waals surface area (Å²) >= 11 is 30.6. The van der Waals surface area contributed by atoms with Gasteiger partial charge in [-0.05, 0) is 64.1 Å². The Morgan fingerprint density at radius 2 is 0.798 bits per heavy atom. The molecule has 7 rings (SSSR count). The first-order valence-corrected chi connectivity index (χ1v) is 119. The summed E-state index contributed by atoms with van der Waals surface area (Å²) < 4.78 is 90.2. The number of rotatable bonds is 6. The number of Topliss-reactive ketones (excluding diaryl/α,β-unsaturated/α-hetero) is 1. The summed E-state index contributed by atoms with van der Waals surface area (Å²) in [6.07, 6.45) is 1.40. The second-order valence-corrected chi connectivity index (χ2v) is 135. The minimum absolute atomic E-state index is 0. The number of piperidine rings is 2. The lowest BCUT2D eigenvalue weighted by Gasteiger charge is -2.46. The van der Waals surface area contributed by atoms with E-state index in [0.717, 1.165) is 26.8 Å². The second-order valence-electron chi connectivity index (χ2n) is 17.1. The molecule has 3 aliphatic rings. The average Bonchev–Trinajstić information content (AvgIpc) is 1.51. The van der Waals surface area contributed by atoms with Crippen LogP contribution in [0.25, 0.3) is 0 Å². The smallest absolute Gasteiger partial charge is 0.261 e. The van der Waals surface area contributed by atoms with E-state index in [1.54, 1.807) is 141 Å². The number of aromatic nitrogens is 6. The van der Waals surface area contributed by atoms with Crippen LogP contribution in [0.1, 0.15) is 80.0 Å². The third-order valence-electron chi connectivity index (χ3n) is 10.0. The Morgan fingerprint density at radius 1 is 0.516 bits per heavy atom. The zero-order chi connectivity index (χ0) is 89.0. The molecule has 2 saturated heterocycles. The van der Waals surface area contributed by atoms with Gasteiger partial charge < -0.3 is 15.2 Å². The number of nitrogens with one attached hydrogen (secondary N) is 2. The van der Waals surface area contributed by atoms with Gasteiger partial charge in [-0.3, -0.25) is 24.0 Å². The molecule has 7 heterocycles. The van der Waals surface area contributed by atoms with Crippen molar-refractivity contribution >= 4 is 682 Å². The molecule has 0 radical (unpaired) electrons. The van der Waals surface area contributed by atoms with E-state index in [4.69, 9.17) is 60.0 Å². The highest BCUT2D eigenvalue weighted by Crippen LogP contribution is 2.50. The highest BCUT2D eigenvalue weighted by molar-refractivity contribution is 14.1. The fourth-order valence-corrected chi connectivity index (χ4v) is 177. The van der Waals surface area contributed by atoms with Gasteiger partial charge in [0, 0.05) is 649 Å². The number of aliphatic hydroxyl groups is 1. The van der Waals surface area contributed by atoms with E-state index in [1.807, 2.05) is 475 Å². The first kappa shape index (κ1) is 137. The van der Waals surface area contributed by atoms with Crippen LogP contribution in [-0.4, -0.2) is 102 Å². The fraction of sp³-hybridized carbons (Fsp3) is 0.588. The molecule has 5 atom stereocenters. The minimum Gasteiger partial charge on any atom is -0.396 e. The second kappa shape index (κ2) is 97.6. The van der Waals surface area contributed by atoms with Crippen molar-refractivity contribution in [2.75, 3.05) is 19.5 Å². The number of carbonyl (C=O) groups is 1. The number of hydrogen-bond acceptors (Lipinski definition) is 16. The van der Waals surface area contributed by atoms with E-state index in [2.05, 4.69) is 43.5 Å². The van der Waals surface area contributed by atoms with E-state index < -0.39 is 46.7 Å². The van der Waals surface area contributed by atoms with Crippen LogP contribution < -0.4 is 10.6 Å². The zero-order valence-corrected chi connectivity index (χ0v) is 117. The molecule has 0 bridgehead atoms. The fourth-order valence-electron chi connectivity index (χ4n) is 6.82. The lowest BCUT2D eigenvalue weighted by Crippen LogP contribution is -2.53. The standard InChI is InChI=1S/C15H17ClF2N4OS.C9H12F2N4O.C6H7ClOS.CHIS.CH4O3S.2CH4.S65/c1-22-7-11(20-21-22)9-5-15(6-10(19-9)14(17)18)13-8(2-3-23-15)4-12(16)24-13;1-15-4-8(13-14-15)6-2-5(16)3-7(12-6)9(10)11;7-6-3-5(1-2-8)4-9-6;2-1-3;1-5(2,3)4;;;1-3-5-7-9-11-13-15-17-19-21-23-25-27-29-31-33-35-37-39-41-43-45-47-49-51-53-55-57-59-61-63-65-64-62-60-58-56-54-52-50-48-46-44-42-40-38-36-34-32-30-28-26-24-22-20-18-16-14-12-10-8-6-4-2/h4,7,9-10,14,19H,2-3,5-6H2,1H3;4,6-7,9,12H,2-3H2,1H3;3-4,8H,1-2H2;1H;1H3,(H,2,3,4);2*1H4;. The normalized spacial score (nSPS) is 14.6. The van der Waals surface area contributed by atoms with Gasteiger partial charge in [0.25, 0.3) is 23.0 Å². The predicted octanol–water partition coefficient (Wildman–Crippen LogP) is 7.43. The molecular formula is C34H49Cl2F4IN8O6S69. The molecule has 0 saturated carbocycles. The number of nitrogens with zero attached hydrogens (tertiary/aromatic N) is 6. The maximum absolute atomic E-state index is 13.6. The summed E-state index contributed by atoms with van der Waals surface area (Å²) in [6, 6.07) is 0.989. The van der Waals surface area contributed by atoms with Gasteiger partial charge in [0.1, 0.15) is 17.1 Å². The SMILES string of the molecule is C.C.CS(=O)(=O)O.Cn1cc(C2CC(=O)CC(C(F)F)N2)nn1.Cn1cc(C2CC3(CC(C(F)F)N2)OCCc2cc(Cl)sc23)nn1.OCCc1csc(Cl)c1.S=CI.S=S=S=S=S=S=S=S=S=S=S=S=S=S=S=S=S=S=S=S=S=S=S=S=S=S=S=S=S=S=S=S=S=S=S=S=S=S=S=S=S=S=S=S=S=S=S=S=S=S=S=S=S=S=S=S=S=S=S=S=S=S=S=S=S. The first-order valence-electron chi connectivity index (χ1n) is 27.5. The van der Waals surface area contributed by atoms with Crippen molar-refractivity contribution in [2.45, 2.75) is 96.0 Å². The molecule has 90 heteroatoms. The van der Waals surface area contributed by atoms with Crippen molar-refractivity contribution in [2.24, 2.45) is 14.1 Å². The van der Waals surface area contributed by atoms with Crippen molar-refractivity contribution in [1.29, 1.82) is 0 Å². The number of alkyl halides is 4. The van der Waals surface area contributed by atoms with Gasteiger partial charge in [-0.2, -0.15) is 8.42 Å². The van der Waals surface area contributed by atoms with Crippen LogP contribution in [0, 0.1) is 0 Å². The number of aryl methyl sites for hydroxylation is 2. The molecule has 3 aliphatic heterocycles. The summed E-state index contributed by atoms with van der Waals surface area (Å²) in [5.74, 6) is -0.167. The van der Waals surface area contributed by atoms with Crippen molar-refractivity contribution in [3.05, 3.63) is 66.0 Å². The summed E-state index contributed by atoms with van der Waals surface area (Å²) in [6.45, 7) is 0.719. The maximum Gasteiger partial charge on any atom is 0.261 e. The topological polar surface area (TPSA) is 186 Å². The third-order valence-corrected chi connectivity index (χ3v) is 150. The van der Waals surface area contributed by atoms with E-state index in [0.29, 0.717) is 41.4 Å². The van der Waals surface area contributed by atoms with E-state index >= 15 is 0 Å². The zero-order valence-electron chi connectivity index (χ0n) is 57.1.